The first-order chi connectivity index (χ1) is 7.92. The van der Waals surface area contributed by atoms with Crippen LogP contribution in [-0.2, 0) is 0 Å². The first-order valence-electron chi connectivity index (χ1n) is 7.42. The molecule has 2 nitrogen and oxygen atoms in total. The lowest BCUT2D eigenvalue weighted by atomic mass is 9.88. The van der Waals surface area contributed by atoms with Gasteiger partial charge in [-0.15, -0.1) is 0 Å². The largest absolute Gasteiger partial charge is 0.328 e. The molecule has 1 aliphatic rings. The van der Waals surface area contributed by atoms with E-state index in [1.807, 2.05) is 0 Å². The molecule has 0 heterocycles. The second-order valence-electron chi connectivity index (χ2n) is 6.92. The summed E-state index contributed by atoms with van der Waals surface area (Å²) in [7, 11) is 0. The van der Waals surface area contributed by atoms with Crippen molar-refractivity contribution in [2.24, 2.45) is 11.1 Å². The molecule has 1 fully saturated rings. The third-order valence-electron chi connectivity index (χ3n) is 3.92. The summed E-state index contributed by atoms with van der Waals surface area (Å²) in [5.74, 6) is 0. The minimum atomic E-state index is 0.455. The summed E-state index contributed by atoms with van der Waals surface area (Å²) in [4.78, 5) is 2.72. The maximum Gasteiger partial charge on any atom is 0.00964 e. The van der Waals surface area contributed by atoms with Gasteiger partial charge in [0.1, 0.15) is 0 Å². The van der Waals surface area contributed by atoms with Crippen LogP contribution >= 0.6 is 0 Å². The van der Waals surface area contributed by atoms with Crippen LogP contribution in [0.2, 0.25) is 0 Å². The lowest BCUT2D eigenvalue weighted by Crippen LogP contribution is -2.42. The van der Waals surface area contributed by atoms with E-state index >= 15 is 0 Å². The smallest absolute Gasteiger partial charge is 0.00964 e. The highest BCUT2D eigenvalue weighted by atomic mass is 15.2. The Morgan fingerprint density at radius 3 is 2.12 bits per heavy atom. The molecule has 0 amide bonds. The highest BCUT2D eigenvalue weighted by molar-refractivity contribution is 4.81. The molecule has 0 radical (unpaired) electrons. The van der Waals surface area contributed by atoms with E-state index in [4.69, 9.17) is 5.73 Å². The highest BCUT2D eigenvalue weighted by Crippen LogP contribution is 2.25. The summed E-state index contributed by atoms with van der Waals surface area (Å²) in [6.07, 6.45) is 7.64. The molecule has 2 heteroatoms. The van der Waals surface area contributed by atoms with Crippen LogP contribution in [0.15, 0.2) is 0 Å². The zero-order valence-electron chi connectivity index (χ0n) is 12.3. The maximum absolute atomic E-state index is 6.00. The standard InChI is InChI=1S/C15H32N2/c1-5-11-17(12-10-15(2,3)4)14-8-6-13(16)7-9-14/h13-14H,5-12,16H2,1-4H3. The van der Waals surface area contributed by atoms with E-state index in [0.717, 1.165) is 6.04 Å². The Balaban J connectivity index is 2.41. The quantitative estimate of drug-likeness (QED) is 0.798. The van der Waals surface area contributed by atoms with Gasteiger partial charge in [-0.3, -0.25) is 0 Å². The predicted molar refractivity (Wildman–Crippen MR) is 76.2 cm³/mol. The number of nitrogens with zero attached hydrogens (tertiary/aromatic N) is 1. The first-order valence-corrected chi connectivity index (χ1v) is 7.42. The average Bonchev–Trinajstić information content (AvgIpc) is 2.24. The molecular formula is C15H32N2. The highest BCUT2D eigenvalue weighted by Gasteiger charge is 2.24. The van der Waals surface area contributed by atoms with Crippen molar-refractivity contribution < 1.29 is 0 Å². The Hall–Kier alpha value is -0.0800. The minimum Gasteiger partial charge on any atom is -0.328 e. The van der Waals surface area contributed by atoms with Crippen molar-refractivity contribution in [3.63, 3.8) is 0 Å². The summed E-state index contributed by atoms with van der Waals surface area (Å²) in [6.45, 7) is 11.8. The van der Waals surface area contributed by atoms with Crippen LogP contribution in [0, 0.1) is 5.41 Å². The number of hydrogen-bond donors (Lipinski definition) is 1. The van der Waals surface area contributed by atoms with Gasteiger partial charge < -0.3 is 10.6 Å². The van der Waals surface area contributed by atoms with Crippen molar-refractivity contribution in [2.75, 3.05) is 13.1 Å². The first kappa shape index (κ1) is 15.0. The second kappa shape index (κ2) is 6.75. The second-order valence-corrected chi connectivity index (χ2v) is 6.92. The van der Waals surface area contributed by atoms with Gasteiger partial charge in [-0.2, -0.15) is 0 Å². The Morgan fingerprint density at radius 2 is 1.65 bits per heavy atom. The molecule has 1 aliphatic carbocycles. The van der Waals surface area contributed by atoms with Gasteiger partial charge in [0.25, 0.3) is 0 Å². The summed E-state index contributed by atoms with van der Waals surface area (Å²) < 4.78 is 0. The third kappa shape index (κ3) is 5.87. The van der Waals surface area contributed by atoms with E-state index < -0.39 is 0 Å². The Morgan fingerprint density at radius 1 is 1.06 bits per heavy atom. The SMILES string of the molecule is CCCN(CCC(C)(C)C)C1CCC(N)CC1. The topological polar surface area (TPSA) is 29.3 Å². The van der Waals surface area contributed by atoms with Gasteiger partial charge in [-0.25, -0.2) is 0 Å². The third-order valence-corrected chi connectivity index (χ3v) is 3.92. The molecule has 0 aromatic carbocycles. The van der Waals surface area contributed by atoms with Gasteiger partial charge in [0, 0.05) is 12.1 Å². The van der Waals surface area contributed by atoms with E-state index in [-0.39, 0.29) is 0 Å². The van der Waals surface area contributed by atoms with Crippen LogP contribution in [0.5, 0.6) is 0 Å². The van der Waals surface area contributed by atoms with E-state index in [9.17, 15) is 0 Å². The fourth-order valence-corrected chi connectivity index (χ4v) is 2.71. The molecule has 0 atom stereocenters. The predicted octanol–water partition coefficient (Wildman–Crippen LogP) is 3.40. The molecule has 0 spiro atoms. The molecule has 1 saturated carbocycles. The van der Waals surface area contributed by atoms with Gasteiger partial charge >= 0.3 is 0 Å². The minimum absolute atomic E-state index is 0.455. The fraction of sp³-hybridized carbons (Fsp3) is 1.00. The average molecular weight is 240 g/mol. The van der Waals surface area contributed by atoms with Crippen LogP contribution in [0.3, 0.4) is 0 Å². The molecule has 1 rings (SSSR count). The normalized spacial score (nSPS) is 26.5. The van der Waals surface area contributed by atoms with Crippen molar-refractivity contribution in [3.8, 4) is 0 Å². The van der Waals surface area contributed by atoms with E-state index in [1.54, 1.807) is 0 Å². The molecule has 0 aromatic rings. The van der Waals surface area contributed by atoms with Gasteiger partial charge in [0.05, 0.1) is 0 Å². The van der Waals surface area contributed by atoms with Crippen molar-refractivity contribution >= 4 is 0 Å². The number of rotatable bonds is 5. The molecule has 0 unspecified atom stereocenters. The van der Waals surface area contributed by atoms with Crippen LogP contribution in [0.1, 0.15) is 66.2 Å². The van der Waals surface area contributed by atoms with Gasteiger partial charge in [-0.1, -0.05) is 27.7 Å². The zero-order chi connectivity index (χ0) is 12.9. The van der Waals surface area contributed by atoms with E-state index in [1.165, 1.54) is 51.6 Å². The summed E-state index contributed by atoms with van der Waals surface area (Å²) in [5.41, 5.74) is 6.45. The van der Waals surface area contributed by atoms with Crippen molar-refractivity contribution in [3.05, 3.63) is 0 Å². The molecule has 102 valence electrons. The summed E-state index contributed by atoms with van der Waals surface area (Å²) >= 11 is 0. The fourth-order valence-electron chi connectivity index (χ4n) is 2.71. The molecule has 0 aromatic heterocycles. The van der Waals surface area contributed by atoms with Crippen LogP contribution in [0.25, 0.3) is 0 Å². The van der Waals surface area contributed by atoms with Crippen molar-refractivity contribution in [1.82, 2.24) is 4.90 Å². The summed E-state index contributed by atoms with van der Waals surface area (Å²) in [6, 6.07) is 1.27. The van der Waals surface area contributed by atoms with E-state index in [0.29, 0.717) is 11.5 Å². The van der Waals surface area contributed by atoms with Gasteiger partial charge in [0.2, 0.25) is 0 Å². The summed E-state index contributed by atoms with van der Waals surface area (Å²) in [5, 5.41) is 0. The van der Waals surface area contributed by atoms with Gasteiger partial charge in [0.15, 0.2) is 0 Å². The van der Waals surface area contributed by atoms with Crippen LogP contribution < -0.4 is 5.73 Å². The maximum atomic E-state index is 6.00. The van der Waals surface area contributed by atoms with Crippen molar-refractivity contribution in [1.29, 1.82) is 0 Å². The lowest BCUT2D eigenvalue weighted by Gasteiger charge is -2.37. The Labute approximate surface area is 108 Å². The molecule has 17 heavy (non-hydrogen) atoms. The van der Waals surface area contributed by atoms with Crippen LogP contribution in [-0.4, -0.2) is 30.1 Å². The van der Waals surface area contributed by atoms with E-state index in [2.05, 4.69) is 32.6 Å². The monoisotopic (exact) mass is 240 g/mol. The molecule has 0 bridgehead atoms. The number of hydrogen-bond acceptors (Lipinski definition) is 2. The van der Waals surface area contributed by atoms with Gasteiger partial charge in [-0.05, 0) is 57.0 Å². The molecule has 0 saturated heterocycles. The molecule has 2 N–H and O–H groups in total. The zero-order valence-corrected chi connectivity index (χ0v) is 12.3. The Bertz CT molecular complexity index is 199. The lowest BCUT2D eigenvalue weighted by molar-refractivity contribution is 0.132. The number of nitrogens with two attached hydrogens (primary N) is 1. The molecule has 0 aliphatic heterocycles. The van der Waals surface area contributed by atoms with Crippen molar-refractivity contribution in [2.45, 2.75) is 78.3 Å². The van der Waals surface area contributed by atoms with Crippen LogP contribution in [0.4, 0.5) is 0 Å². The Kier molecular flexibility index (Phi) is 5.94. The molecular weight excluding hydrogens is 208 g/mol.